The Kier molecular flexibility index (Phi) is 4.33. The van der Waals surface area contributed by atoms with Gasteiger partial charge >= 0.3 is 0 Å². The average Bonchev–Trinajstić information content (AvgIpc) is 3.15. The molecule has 0 radical (unpaired) electrons. The van der Waals surface area contributed by atoms with Crippen LogP contribution in [-0.2, 0) is 11.8 Å². The predicted octanol–water partition coefficient (Wildman–Crippen LogP) is 1.97. The number of H-pyrrole nitrogens is 2. The van der Waals surface area contributed by atoms with Crippen molar-refractivity contribution in [3.8, 4) is 0 Å². The van der Waals surface area contributed by atoms with Crippen molar-refractivity contribution >= 4 is 5.91 Å². The number of amides is 1. The molecule has 0 aliphatic carbocycles. The van der Waals surface area contributed by atoms with Gasteiger partial charge in [-0.1, -0.05) is 26.8 Å². The standard InChI is InChI=1S/C20H22N6O2/c1-20(2,3)19-22-10-12(17(27)25-19)18(28)26-9-7-13-15(24-11-23-13)16(26)14-6-4-5-8-21-14/h4-6,8,10-11,16H,7,9H2,1-3H3,(H,23,24)(H,22,25,27)/t16-/m1/s1. The van der Waals surface area contributed by atoms with Gasteiger partial charge in [-0.3, -0.25) is 14.6 Å². The molecule has 28 heavy (non-hydrogen) atoms. The van der Waals surface area contributed by atoms with Crippen molar-refractivity contribution in [3.05, 3.63) is 75.7 Å². The van der Waals surface area contributed by atoms with E-state index in [-0.39, 0.29) is 16.9 Å². The lowest BCUT2D eigenvalue weighted by Gasteiger charge is -2.34. The minimum absolute atomic E-state index is 0.0212. The summed E-state index contributed by atoms with van der Waals surface area (Å²) < 4.78 is 0. The fourth-order valence-corrected chi connectivity index (χ4v) is 3.42. The van der Waals surface area contributed by atoms with E-state index in [4.69, 9.17) is 0 Å². The van der Waals surface area contributed by atoms with Crippen LogP contribution in [0.25, 0.3) is 0 Å². The van der Waals surface area contributed by atoms with Gasteiger partial charge in [0, 0.05) is 36.5 Å². The summed E-state index contributed by atoms with van der Waals surface area (Å²) in [5.41, 5.74) is 1.72. The van der Waals surface area contributed by atoms with Crippen LogP contribution in [0.15, 0.2) is 41.7 Å². The van der Waals surface area contributed by atoms with E-state index in [0.29, 0.717) is 24.5 Å². The second-order valence-corrected chi connectivity index (χ2v) is 7.90. The maximum atomic E-state index is 13.3. The maximum absolute atomic E-state index is 13.3. The number of fused-ring (bicyclic) bond motifs is 1. The van der Waals surface area contributed by atoms with Gasteiger partial charge in [-0.25, -0.2) is 9.97 Å². The van der Waals surface area contributed by atoms with Crippen LogP contribution >= 0.6 is 0 Å². The average molecular weight is 378 g/mol. The van der Waals surface area contributed by atoms with E-state index in [1.165, 1.54) is 6.20 Å². The molecule has 0 spiro atoms. The SMILES string of the molecule is CC(C)(C)c1ncc(C(=O)N2CCc3[nH]cnc3[C@H]2c2ccccn2)c(=O)[nH]1. The summed E-state index contributed by atoms with van der Waals surface area (Å²) in [5.74, 6) is 0.169. The van der Waals surface area contributed by atoms with Crippen molar-refractivity contribution in [1.29, 1.82) is 0 Å². The molecule has 1 amide bonds. The van der Waals surface area contributed by atoms with Crippen molar-refractivity contribution < 1.29 is 4.79 Å². The normalized spacial score (nSPS) is 16.7. The molecule has 0 aromatic carbocycles. The van der Waals surface area contributed by atoms with Gasteiger partial charge < -0.3 is 14.9 Å². The Bertz CT molecular complexity index is 1060. The zero-order valence-corrected chi connectivity index (χ0v) is 16.1. The van der Waals surface area contributed by atoms with E-state index in [1.807, 2.05) is 39.0 Å². The number of pyridine rings is 1. The number of hydrogen-bond acceptors (Lipinski definition) is 5. The minimum Gasteiger partial charge on any atom is -0.348 e. The lowest BCUT2D eigenvalue weighted by molar-refractivity contribution is 0.0684. The van der Waals surface area contributed by atoms with Crippen molar-refractivity contribution in [2.75, 3.05) is 6.54 Å². The second-order valence-electron chi connectivity index (χ2n) is 7.90. The molecule has 0 fully saturated rings. The predicted molar refractivity (Wildman–Crippen MR) is 103 cm³/mol. The highest BCUT2D eigenvalue weighted by Gasteiger charge is 2.36. The van der Waals surface area contributed by atoms with Crippen LogP contribution in [0.3, 0.4) is 0 Å². The highest BCUT2D eigenvalue weighted by atomic mass is 16.2. The van der Waals surface area contributed by atoms with Crippen LogP contribution < -0.4 is 5.56 Å². The van der Waals surface area contributed by atoms with Gasteiger partial charge in [0.2, 0.25) is 0 Å². The Morgan fingerprint density at radius 3 is 2.71 bits per heavy atom. The molecule has 2 N–H and O–H groups in total. The zero-order chi connectivity index (χ0) is 19.9. The van der Waals surface area contributed by atoms with Crippen LogP contribution in [0.4, 0.5) is 0 Å². The Balaban J connectivity index is 1.75. The van der Waals surface area contributed by atoms with E-state index in [1.54, 1.807) is 17.4 Å². The smallest absolute Gasteiger partial charge is 0.263 e. The summed E-state index contributed by atoms with van der Waals surface area (Å²) in [6.45, 7) is 6.31. The van der Waals surface area contributed by atoms with Crippen molar-refractivity contribution in [3.63, 3.8) is 0 Å². The lowest BCUT2D eigenvalue weighted by Crippen LogP contribution is -2.43. The largest absolute Gasteiger partial charge is 0.348 e. The molecule has 3 aromatic heterocycles. The molecule has 3 aromatic rings. The molecule has 4 rings (SSSR count). The number of hydrogen-bond donors (Lipinski definition) is 2. The summed E-state index contributed by atoms with van der Waals surface area (Å²) in [5, 5.41) is 0. The maximum Gasteiger partial charge on any atom is 0.263 e. The molecule has 1 aliphatic rings. The first-order valence-electron chi connectivity index (χ1n) is 9.20. The van der Waals surface area contributed by atoms with E-state index < -0.39 is 11.6 Å². The molecule has 0 saturated carbocycles. The molecule has 8 nitrogen and oxygen atoms in total. The number of imidazole rings is 1. The van der Waals surface area contributed by atoms with Crippen molar-refractivity contribution in [2.45, 2.75) is 38.6 Å². The highest BCUT2D eigenvalue weighted by molar-refractivity contribution is 5.94. The minimum atomic E-state index is -0.453. The molecule has 0 unspecified atom stereocenters. The molecular formula is C20H22N6O2. The third-order valence-electron chi connectivity index (χ3n) is 4.89. The van der Waals surface area contributed by atoms with Gasteiger partial charge in [0.05, 0.1) is 17.7 Å². The van der Waals surface area contributed by atoms with Crippen LogP contribution in [0, 0.1) is 0 Å². The van der Waals surface area contributed by atoms with E-state index in [9.17, 15) is 9.59 Å². The van der Waals surface area contributed by atoms with Crippen LogP contribution in [0.2, 0.25) is 0 Å². The number of nitrogens with one attached hydrogen (secondary N) is 2. The van der Waals surface area contributed by atoms with E-state index in [2.05, 4.69) is 24.9 Å². The first kappa shape index (κ1) is 18.1. The Morgan fingerprint density at radius 2 is 2.04 bits per heavy atom. The van der Waals surface area contributed by atoms with Gasteiger partial charge in [0.1, 0.15) is 17.4 Å². The third kappa shape index (κ3) is 3.11. The summed E-state index contributed by atoms with van der Waals surface area (Å²) in [6.07, 6.45) is 5.32. The number of carbonyl (C=O) groups excluding carboxylic acids is 1. The molecule has 0 bridgehead atoms. The number of aromatic nitrogens is 5. The molecule has 1 atom stereocenters. The molecule has 1 aliphatic heterocycles. The number of aromatic amines is 2. The number of carbonyl (C=O) groups is 1. The lowest BCUT2D eigenvalue weighted by atomic mass is 9.95. The first-order chi connectivity index (χ1) is 13.4. The number of rotatable bonds is 2. The van der Waals surface area contributed by atoms with Crippen LogP contribution in [-0.4, -0.2) is 42.3 Å². The first-order valence-corrected chi connectivity index (χ1v) is 9.20. The fourth-order valence-electron chi connectivity index (χ4n) is 3.42. The monoisotopic (exact) mass is 378 g/mol. The van der Waals surface area contributed by atoms with Gasteiger partial charge in [-0.2, -0.15) is 0 Å². The molecular weight excluding hydrogens is 356 g/mol. The summed E-state index contributed by atoms with van der Waals surface area (Å²) in [7, 11) is 0. The Hall–Kier alpha value is -3.29. The third-order valence-corrected chi connectivity index (χ3v) is 4.89. The zero-order valence-electron chi connectivity index (χ0n) is 16.1. The quantitative estimate of drug-likeness (QED) is 0.709. The van der Waals surface area contributed by atoms with Gasteiger partial charge in [0.25, 0.3) is 11.5 Å². The fraction of sp³-hybridized carbons (Fsp3) is 0.350. The number of nitrogens with zero attached hydrogens (tertiary/aromatic N) is 4. The summed E-state index contributed by atoms with van der Waals surface area (Å²) >= 11 is 0. The topological polar surface area (TPSA) is 108 Å². The van der Waals surface area contributed by atoms with Crippen LogP contribution in [0.5, 0.6) is 0 Å². The van der Waals surface area contributed by atoms with E-state index in [0.717, 1.165) is 11.4 Å². The molecule has 144 valence electrons. The highest BCUT2D eigenvalue weighted by Crippen LogP contribution is 2.33. The molecule has 8 heteroatoms. The van der Waals surface area contributed by atoms with Crippen molar-refractivity contribution in [2.24, 2.45) is 0 Å². The second kappa shape index (κ2) is 6.70. The Labute approximate surface area is 162 Å². The van der Waals surface area contributed by atoms with Crippen molar-refractivity contribution in [1.82, 2.24) is 29.8 Å². The molecule has 0 saturated heterocycles. The van der Waals surface area contributed by atoms with Crippen LogP contribution in [0.1, 0.15) is 60.1 Å². The van der Waals surface area contributed by atoms with Gasteiger partial charge in [-0.15, -0.1) is 0 Å². The molecule has 4 heterocycles. The van der Waals surface area contributed by atoms with Gasteiger partial charge in [0.15, 0.2) is 0 Å². The summed E-state index contributed by atoms with van der Waals surface area (Å²) in [4.78, 5) is 46.6. The Morgan fingerprint density at radius 1 is 1.21 bits per heavy atom. The van der Waals surface area contributed by atoms with E-state index >= 15 is 0 Å². The summed E-state index contributed by atoms with van der Waals surface area (Å²) in [6, 6.07) is 5.10. The van der Waals surface area contributed by atoms with Gasteiger partial charge in [-0.05, 0) is 12.1 Å².